The molecule has 2 aromatic carbocycles. The van der Waals surface area contributed by atoms with Crippen LogP contribution in [0.5, 0.6) is 0 Å². The standard InChI is InChI=1S/C21H27OP.Li.H/c1-12-9-8-10-13(2)17(12)19(22)18-15(4)20(23)14(3)11-16(18)21(5,6)7;;/h8-11H,23H2,1-7H3;;/q;+1;-1. The van der Waals surface area contributed by atoms with E-state index in [2.05, 4.69) is 49.9 Å². The fourth-order valence-electron chi connectivity index (χ4n) is 3.18. The second-order valence-electron chi connectivity index (χ2n) is 7.50. The maximum absolute atomic E-state index is 13.4. The van der Waals surface area contributed by atoms with Crippen LogP contribution < -0.4 is 24.2 Å². The first-order valence-corrected chi connectivity index (χ1v) is 8.64. The average Bonchev–Trinajstić information content (AvgIpc) is 2.43. The van der Waals surface area contributed by atoms with E-state index in [0.717, 1.165) is 38.7 Å². The van der Waals surface area contributed by atoms with Crippen molar-refractivity contribution in [2.24, 2.45) is 0 Å². The van der Waals surface area contributed by atoms with E-state index in [9.17, 15) is 4.79 Å². The SMILES string of the molecule is Cc1cc(C(C)(C)C)c(C(=O)c2c(C)cccc2C)c(C)c1P.[H-].[Li+]. The van der Waals surface area contributed by atoms with Gasteiger partial charge in [-0.3, -0.25) is 4.79 Å². The van der Waals surface area contributed by atoms with E-state index in [0.29, 0.717) is 0 Å². The van der Waals surface area contributed by atoms with Gasteiger partial charge >= 0.3 is 18.9 Å². The summed E-state index contributed by atoms with van der Waals surface area (Å²) in [6, 6.07) is 8.22. The van der Waals surface area contributed by atoms with Gasteiger partial charge in [0.25, 0.3) is 0 Å². The van der Waals surface area contributed by atoms with Gasteiger partial charge in [-0.15, -0.1) is 9.24 Å². The smallest absolute Gasteiger partial charge is 1.00 e. The van der Waals surface area contributed by atoms with Crippen molar-refractivity contribution in [3.63, 3.8) is 0 Å². The van der Waals surface area contributed by atoms with E-state index in [1.54, 1.807) is 0 Å². The summed E-state index contributed by atoms with van der Waals surface area (Å²) in [6.07, 6.45) is 0. The Balaban J connectivity index is 0.00000288. The molecule has 0 spiro atoms. The number of ketones is 1. The molecule has 0 aliphatic carbocycles. The molecule has 0 bridgehead atoms. The minimum absolute atomic E-state index is 0. The molecule has 124 valence electrons. The van der Waals surface area contributed by atoms with Gasteiger partial charge in [0.1, 0.15) is 0 Å². The minimum atomic E-state index is -0.0739. The van der Waals surface area contributed by atoms with Crippen molar-refractivity contribution in [2.45, 2.75) is 53.9 Å². The van der Waals surface area contributed by atoms with E-state index in [1.165, 1.54) is 5.56 Å². The van der Waals surface area contributed by atoms with Crippen LogP contribution in [0.15, 0.2) is 24.3 Å². The van der Waals surface area contributed by atoms with E-state index < -0.39 is 0 Å². The summed E-state index contributed by atoms with van der Waals surface area (Å²) in [4.78, 5) is 13.4. The van der Waals surface area contributed by atoms with E-state index in [-0.39, 0.29) is 31.5 Å². The molecule has 0 radical (unpaired) electrons. The Morgan fingerprint density at radius 1 is 0.958 bits per heavy atom. The molecule has 0 N–H and O–H groups in total. The van der Waals surface area contributed by atoms with Crippen molar-refractivity contribution < 1.29 is 25.1 Å². The fourth-order valence-corrected chi connectivity index (χ4v) is 3.41. The number of hydrogen-bond acceptors (Lipinski definition) is 1. The summed E-state index contributed by atoms with van der Waals surface area (Å²) in [6.45, 7) is 14.7. The minimum Gasteiger partial charge on any atom is -1.00 e. The number of carbonyl (C=O) groups is 1. The van der Waals surface area contributed by atoms with Gasteiger partial charge in [0.15, 0.2) is 5.78 Å². The van der Waals surface area contributed by atoms with Crippen LogP contribution in [0.2, 0.25) is 0 Å². The summed E-state index contributed by atoms with van der Waals surface area (Å²) in [5, 5.41) is 1.13. The average molecular weight is 334 g/mol. The van der Waals surface area contributed by atoms with Crippen molar-refractivity contribution in [1.82, 2.24) is 0 Å². The van der Waals surface area contributed by atoms with Gasteiger partial charge in [-0.1, -0.05) is 45.0 Å². The third-order valence-electron chi connectivity index (χ3n) is 4.58. The number of aryl methyl sites for hydroxylation is 3. The van der Waals surface area contributed by atoms with Crippen LogP contribution in [0.1, 0.15) is 65.9 Å². The Bertz CT molecular complexity index is 771. The van der Waals surface area contributed by atoms with Crippen molar-refractivity contribution in [1.29, 1.82) is 0 Å². The van der Waals surface area contributed by atoms with Crippen LogP contribution >= 0.6 is 9.24 Å². The zero-order valence-corrected chi connectivity index (χ0v) is 17.4. The molecule has 0 aliphatic heterocycles. The maximum Gasteiger partial charge on any atom is 1.00 e. The van der Waals surface area contributed by atoms with Crippen LogP contribution in [0.3, 0.4) is 0 Å². The number of carbonyl (C=O) groups excluding carboxylic acids is 1. The zero-order chi connectivity index (χ0) is 17.5. The Labute approximate surface area is 162 Å². The molecule has 24 heavy (non-hydrogen) atoms. The molecule has 0 heterocycles. The van der Waals surface area contributed by atoms with E-state index >= 15 is 0 Å². The summed E-state index contributed by atoms with van der Waals surface area (Å²) < 4.78 is 0. The number of benzene rings is 2. The van der Waals surface area contributed by atoms with Gasteiger partial charge in [-0.05, 0) is 66.2 Å². The largest absolute Gasteiger partial charge is 1.00 e. The van der Waals surface area contributed by atoms with E-state index in [1.807, 2.05) is 32.0 Å². The molecule has 2 aromatic rings. The molecular formula is C21H28LiOP. The first-order chi connectivity index (χ1) is 10.6. The van der Waals surface area contributed by atoms with Crippen molar-refractivity contribution in [2.75, 3.05) is 0 Å². The zero-order valence-electron chi connectivity index (χ0n) is 17.3. The third kappa shape index (κ3) is 3.86. The Morgan fingerprint density at radius 2 is 1.46 bits per heavy atom. The van der Waals surface area contributed by atoms with Crippen LogP contribution in [-0.4, -0.2) is 5.78 Å². The molecule has 0 saturated carbocycles. The summed E-state index contributed by atoms with van der Waals surface area (Å²) in [5.74, 6) is 0.145. The monoisotopic (exact) mass is 334 g/mol. The summed E-state index contributed by atoms with van der Waals surface area (Å²) in [7, 11) is 2.80. The first kappa shape index (κ1) is 21.2. The van der Waals surface area contributed by atoms with Crippen LogP contribution in [0, 0.1) is 27.7 Å². The molecule has 1 nitrogen and oxygen atoms in total. The van der Waals surface area contributed by atoms with Gasteiger partial charge < -0.3 is 1.43 Å². The second kappa shape index (κ2) is 7.57. The molecule has 0 fully saturated rings. The predicted molar refractivity (Wildman–Crippen MR) is 104 cm³/mol. The molecule has 0 saturated heterocycles. The molecule has 1 unspecified atom stereocenters. The second-order valence-corrected chi connectivity index (χ2v) is 8.08. The van der Waals surface area contributed by atoms with Gasteiger partial charge in [-0.25, -0.2) is 0 Å². The number of hydrogen-bond donors (Lipinski definition) is 0. The predicted octanol–water partition coefficient (Wildman–Crippen LogP) is 2.07. The fraction of sp³-hybridized carbons (Fsp3) is 0.381. The molecule has 0 aromatic heterocycles. The summed E-state index contributed by atoms with van der Waals surface area (Å²) in [5.41, 5.74) is 7.14. The molecule has 1 atom stereocenters. The Morgan fingerprint density at radius 3 is 1.92 bits per heavy atom. The Hall–Kier alpha value is -0.863. The van der Waals surface area contributed by atoms with Crippen molar-refractivity contribution in [3.8, 4) is 0 Å². The molecular weight excluding hydrogens is 306 g/mol. The Kier molecular flexibility index (Phi) is 6.68. The quantitative estimate of drug-likeness (QED) is 0.467. The normalized spacial score (nSPS) is 11.2. The van der Waals surface area contributed by atoms with Crippen LogP contribution in [0.4, 0.5) is 0 Å². The van der Waals surface area contributed by atoms with Crippen molar-refractivity contribution >= 4 is 20.3 Å². The van der Waals surface area contributed by atoms with Crippen LogP contribution in [-0.2, 0) is 5.41 Å². The topological polar surface area (TPSA) is 17.1 Å². The summed E-state index contributed by atoms with van der Waals surface area (Å²) >= 11 is 0. The molecule has 0 amide bonds. The third-order valence-corrected chi connectivity index (χ3v) is 5.47. The van der Waals surface area contributed by atoms with Gasteiger partial charge in [0.05, 0.1) is 0 Å². The maximum atomic E-state index is 13.4. The van der Waals surface area contributed by atoms with Gasteiger partial charge in [0.2, 0.25) is 0 Å². The van der Waals surface area contributed by atoms with Crippen molar-refractivity contribution in [3.05, 3.63) is 63.2 Å². The first-order valence-electron chi connectivity index (χ1n) is 8.06. The van der Waals surface area contributed by atoms with Gasteiger partial charge in [-0.2, -0.15) is 0 Å². The molecule has 3 heteroatoms. The molecule has 0 aliphatic rings. The molecule has 2 rings (SSSR count). The van der Waals surface area contributed by atoms with E-state index in [4.69, 9.17) is 0 Å². The van der Waals surface area contributed by atoms with Gasteiger partial charge in [0, 0.05) is 11.1 Å². The number of rotatable bonds is 2. The van der Waals surface area contributed by atoms with Crippen LogP contribution in [0.25, 0.3) is 0 Å².